The Hall–Kier alpha value is -0.910. The fraction of sp³-hybridized carbons (Fsp3) is 0.538. The van der Waals surface area contributed by atoms with Gasteiger partial charge in [0.15, 0.2) is 0 Å². The molecule has 0 amide bonds. The molecule has 1 aliphatic heterocycles. The number of hydrogen-bond acceptors (Lipinski definition) is 3. The van der Waals surface area contributed by atoms with Crippen LogP contribution in [0, 0.1) is 5.92 Å². The molecule has 0 spiro atoms. The molecular weight excluding hydrogens is 248 g/mol. The summed E-state index contributed by atoms with van der Waals surface area (Å²) < 4.78 is 26.5. The van der Waals surface area contributed by atoms with Gasteiger partial charge in [0, 0.05) is 19.6 Å². The third kappa shape index (κ3) is 2.74. The van der Waals surface area contributed by atoms with E-state index in [-0.39, 0.29) is 0 Å². The second kappa shape index (κ2) is 5.38. The summed E-state index contributed by atoms with van der Waals surface area (Å²) in [5, 5.41) is 3.03. The van der Waals surface area contributed by atoms with E-state index < -0.39 is 10.0 Å². The monoisotopic (exact) mass is 268 g/mol. The van der Waals surface area contributed by atoms with E-state index in [4.69, 9.17) is 0 Å². The van der Waals surface area contributed by atoms with Crippen LogP contribution in [0.5, 0.6) is 0 Å². The van der Waals surface area contributed by atoms with Crippen molar-refractivity contribution in [2.24, 2.45) is 5.92 Å². The molecule has 18 heavy (non-hydrogen) atoms. The van der Waals surface area contributed by atoms with Gasteiger partial charge in [0.2, 0.25) is 10.0 Å². The van der Waals surface area contributed by atoms with E-state index >= 15 is 0 Å². The highest BCUT2D eigenvalue weighted by Crippen LogP contribution is 2.24. The average molecular weight is 268 g/mol. The molecule has 1 heterocycles. The minimum Gasteiger partial charge on any atom is -0.316 e. The van der Waals surface area contributed by atoms with E-state index in [2.05, 4.69) is 12.2 Å². The highest BCUT2D eigenvalue weighted by Gasteiger charge is 2.30. The van der Waals surface area contributed by atoms with E-state index in [1.165, 1.54) is 0 Å². The van der Waals surface area contributed by atoms with Crippen molar-refractivity contribution >= 4 is 10.0 Å². The van der Waals surface area contributed by atoms with E-state index in [1.807, 2.05) is 13.1 Å². The van der Waals surface area contributed by atoms with Crippen molar-refractivity contribution < 1.29 is 8.42 Å². The maximum atomic E-state index is 12.4. The minimum atomic E-state index is -3.31. The molecule has 1 aromatic rings. The second-order valence-corrected chi connectivity index (χ2v) is 6.87. The van der Waals surface area contributed by atoms with Crippen molar-refractivity contribution in [3.63, 3.8) is 0 Å². The predicted molar refractivity (Wildman–Crippen MR) is 71.7 cm³/mol. The van der Waals surface area contributed by atoms with Gasteiger partial charge in [0.05, 0.1) is 4.90 Å². The molecule has 1 fully saturated rings. The van der Waals surface area contributed by atoms with Gasteiger partial charge in [0.1, 0.15) is 0 Å². The van der Waals surface area contributed by atoms with Crippen LogP contribution in [-0.4, -0.2) is 32.9 Å². The van der Waals surface area contributed by atoms with Gasteiger partial charge >= 0.3 is 0 Å². The van der Waals surface area contributed by atoms with E-state index in [1.54, 1.807) is 22.5 Å². The van der Waals surface area contributed by atoms with Crippen LogP contribution in [0.1, 0.15) is 18.9 Å². The normalized spacial score (nSPS) is 21.3. The molecular formula is C13H20N2O2S. The van der Waals surface area contributed by atoms with Gasteiger partial charge in [-0.1, -0.05) is 19.1 Å². The standard InChI is InChI=1S/C13H20N2O2S/c1-11-6-7-15(10-11)18(16,17)13-5-3-4-12(8-13)9-14-2/h3-5,8,11,14H,6-7,9-10H2,1-2H3. The molecule has 1 aliphatic rings. The summed E-state index contributed by atoms with van der Waals surface area (Å²) in [6.45, 7) is 4.05. The number of rotatable bonds is 4. The van der Waals surface area contributed by atoms with Crippen molar-refractivity contribution in [2.75, 3.05) is 20.1 Å². The molecule has 0 saturated carbocycles. The Bertz CT molecular complexity index is 513. The van der Waals surface area contributed by atoms with Gasteiger partial charge < -0.3 is 5.32 Å². The van der Waals surface area contributed by atoms with Crippen molar-refractivity contribution in [1.82, 2.24) is 9.62 Å². The number of nitrogens with zero attached hydrogens (tertiary/aromatic N) is 1. The zero-order valence-corrected chi connectivity index (χ0v) is 11.7. The molecule has 0 radical (unpaired) electrons. The summed E-state index contributed by atoms with van der Waals surface area (Å²) >= 11 is 0. The van der Waals surface area contributed by atoms with Gasteiger partial charge in [-0.2, -0.15) is 4.31 Å². The van der Waals surface area contributed by atoms with Crippen LogP contribution in [0.15, 0.2) is 29.2 Å². The first-order chi connectivity index (χ1) is 8.54. The lowest BCUT2D eigenvalue weighted by Crippen LogP contribution is -2.28. The molecule has 100 valence electrons. The van der Waals surface area contributed by atoms with Crippen LogP contribution in [0.3, 0.4) is 0 Å². The van der Waals surface area contributed by atoms with Crippen LogP contribution in [-0.2, 0) is 16.6 Å². The minimum absolute atomic E-state index is 0.407. The number of sulfonamides is 1. The summed E-state index contributed by atoms with van der Waals surface area (Å²) in [4.78, 5) is 0.407. The first-order valence-corrected chi connectivity index (χ1v) is 7.71. The molecule has 4 nitrogen and oxygen atoms in total. The Balaban J connectivity index is 2.26. The molecule has 1 N–H and O–H groups in total. The lowest BCUT2D eigenvalue weighted by Gasteiger charge is -2.16. The van der Waals surface area contributed by atoms with E-state index in [9.17, 15) is 8.42 Å². The maximum Gasteiger partial charge on any atom is 0.243 e. The van der Waals surface area contributed by atoms with Crippen molar-refractivity contribution in [1.29, 1.82) is 0 Å². The zero-order valence-electron chi connectivity index (χ0n) is 10.9. The van der Waals surface area contributed by atoms with Crippen LogP contribution < -0.4 is 5.32 Å². The first-order valence-electron chi connectivity index (χ1n) is 6.27. The highest BCUT2D eigenvalue weighted by atomic mass is 32.2. The molecule has 0 aromatic heterocycles. The van der Waals surface area contributed by atoms with Crippen molar-refractivity contribution in [2.45, 2.75) is 24.8 Å². The summed E-state index contributed by atoms with van der Waals surface area (Å²) in [5.41, 5.74) is 0.992. The molecule has 5 heteroatoms. The molecule has 2 rings (SSSR count). The van der Waals surface area contributed by atoms with Crippen LogP contribution in [0.2, 0.25) is 0 Å². The lowest BCUT2D eigenvalue weighted by atomic mass is 10.2. The number of hydrogen-bond donors (Lipinski definition) is 1. The average Bonchev–Trinajstić information content (AvgIpc) is 2.77. The third-order valence-corrected chi connectivity index (χ3v) is 5.16. The first kappa shape index (κ1) is 13.5. The maximum absolute atomic E-state index is 12.4. The topological polar surface area (TPSA) is 49.4 Å². The molecule has 1 unspecified atom stereocenters. The summed E-state index contributed by atoms with van der Waals surface area (Å²) in [6, 6.07) is 7.17. The smallest absolute Gasteiger partial charge is 0.243 e. The summed E-state index contributed by atoms with van der Waals surface area (Å²) in [6.07, 6.45) is 0.954. The Morgan fingerprint density at radius 2 is 2.22 bits per heavy atom. The highest BCUT2D eigenvalue weighted by molar-refractivity contribution is 7.89. The number of benzene rings is 1. The summed E-state index contributed by atoms with van der Waals surface area (Å²) in [5.74, 6) is 0.459. The summed E-state index contributed by atoms with van der Waals surface area (Å²) in [7, 11) is -1.46. The Labute approximate surface area is 109 Å². The molecule has 0 aliphatic carbocycles. The molecule has 1 aromatic carbocycles. The Kier molecular flexibility index (Phi) is 4.04. The largest absolute Gasteiger partial charge is 0.316 e. The van der Waals surface area contributed by atoms with Gasteiger partial charge in [-0.25, -0.2) is 8.42 Å². The van der Waals surface area contributed by atoms with Crippen LogP contribution >= 0.6 is 0 Å². The quantitative estimate of drug-likeness (QED) is 0.899. The van der Waals surface area contributed by atoms with Crippen molar-refractivity contribution in [3.05, 3.63) is 29.8 Å². The fourth-order valence-corrected chi connectivity index (χ4v) is 3.93. The van der Waals surface area contributed by atoms with Gasteiger partial charge in [0.25, 0.3) is 0 Å². The van der Waals surface area contributed by atoms with Crippen LogP contribution in [0.25, 0.3) is 0 Å². The molecule has 1 atom stereocenters. The van der Waals surface area contributed by atoms with Gasteiger partial charge in [-0.05, 0) is 37.1 Å². The molecule has 1 saturated heterocycles. The molecule has 0 bridgehead atoms. The zero-order chi connectivity index (χ0) is 13.2. The predicted octanol–water partition coefficient (Wildman–Crippen LogP) is 1.44. The number of nitrogens with one attached hydrogen (secondary N) is 1. The third-order valence-electron chi connectivity index (χ3n) is 3.30. The fourth-order valence-electron chi connectivity index (χ4n) is 2.28. The lowest BCUT2D eigenvalue weighted by molar-refractivity contribution is 0.464. The van der Waals surface area contributed by atoms with E-state index in [0.29, 0.717) is 30.4 Å². The Morgan fingerprint density at radius 1 is 1.44 bits per heavy atom. The SMILES string of the molecule is CNCc1cccc(S(=O)(=O)N2CCC(C)C2)c1. The van der Waals surface area contributed by atoms with Gasteiger partial charge in [-0.15, -0.1) is 0 Å². The van der Waals surface area contributed by atoms with Crippen LogP contribution in [0.4, 0.5) is 0 Å². The van der Waals surface area contributed by atoms with Gasteiger partial charge in [-0.3, -0.25) is 0 Å². The second-order valence-electron chi connectivity index (χ2n) is 4.93. The van der Waals surface area contributed by atoms with Crippen molar-refractivity contribution in [3.8, 4) is 0 Å². The Morgan fingerprint density at radius 3 is 2.83 bits per heavy atom. The van der Waals surface area contributed by atoms with E-state index in [0.717, 1.165) is 12.0 Å².